The monoisotopic (exact) mass is 475 g/mol. The molecule has 1 aromatic heterocycles. The van der Waals surface area contributed by atoms with Crippen LogP contribution in [0.4, 0.5) is 0 Å². The minimum atomic E-state index is 0. The predicted octanol–water partition coefficient (Wildman–Crippen LogP) is 3.20. The molecule has 7 heteroatoms. The standard InChI is InChI=1S/C19H33N5O.HI/c1-4-20-19(21-11-16-8-6-5-7-15(16)2)24-9-10-25-18(14-24)17-12-22-23(3)13-17;/h12-13,15-16,18H,4-11,14H2,1-3H3,(H,20,21);1H. The zero-order valence-corrected chi connectivity index (χ0v) is 18.7. The summed E-state index contributed by atoms with van der Waals surface area (Å²) in [6.07, 6.45) is 9.45. The van der Waals surface area contributed by atoms with Crippen molar-refractivity contribution in [2.75, 3.05) is 32.8 Å². The lowest BCUT2D eigenvalue weighted by Crippen LogP contribution is -2.48. The zero-order chi connectivity index (χ0) is 17.6. The maximum atomic E-state index is 5.97. The summed E-state index contributed by atoms with van der Waals surface area (Å²) in [6, 6.07) is 0. The second kappa shape index (κ2) is 10.5. The van der Waals surface area contributed by atoms with Crippen LogP contribution in [-0.2, 0) is 11.8 Å². The SMILES string of the molecule is CCNC(=NCC1CCCCC1C)N1CCOC(c2cnn(C)c2)C1.I. The van der Waals surface area contributed by atoms with E-state index in [4.69, 9.17) is 9.73 Å². The van der Waals surface area contributed by atoms with Crippen LogP contribution in [0.5, 0.6) is 0 Å². The number of nitrogens with one attached hydrogen (secondary N) is 1. The van der Waals surface area contributed by atoms with Gasteiger partial charge in [-0.1, -0.05) is 26.2 Å². The summed E-state index contributed by atoms with van der Waals surface area (Å²) >= 11 is 0. The van der Waals surface area contributed by atoms with Crippen molar-refractivity contribution in [1.29, 1.82) is 0 Å². The predicted molar refractivity (Wildman–Crippen MR) is 116 cm³/mol. The van der Waals surface area contributed by atoms with Crippen molar-refractivity contribution in [1.82, 2.24) is 20.0 Å². The number of halogens is 1. The number of aromatic nitrogens is 2. The summed E-state index contributed by atoms with van der Waals surface area (Å²) in [4.78, 5) is 7.35. The largest absolute Gasteiger partial charge is 0.370 e. The molecule has 2 aliphatic rings. The van der Waals surface area contributed by atoms with E-state index in [-0.39, 0.29) is 30.1 Å². The highest BCUT2D eigenvalue weighted by atomic mass is 127. The number of nitrogens with zero attached hydrogens (tertiary/aromatic N) is 4. The molecular weight excluding hydrogens is 441 g/mol. The first-order chi connectivity index (χ1) is 12.2. The lowest BCUT2D eigenvalue weighted by atomic mass is 9.80. The molecule has 1 aromatic rings. The molecule has 0 spiro atoms. The molecule has 148 valence electrons. The van der Waals surface area contributed by atoms with E-state index in [0.717, 1.165) is 56.1 Å². The molecule has 6 nitrogen and oxygen atoms in total. The fraction of sp³-hybridized carbons (Fsp3) is 0.789. The maximum Gasteiger partial charge on any atom is 0.194 e. The van der Waals surface area contributed by atoms with Crippen LogP contribution in [0.15, 0.2) is 17.4 Å². The number of guanidine groups is 1. The highest BCUT2D eigenvalue weighted by Crippen LogP contribution is 2.29. The van der Waals surface area contributed by atoms with Crippen LogP contribution in [0.2, 0.25) is 0 Å². The molecule has 1 aliphatic heterocycles. The fourth-order valence-corrected chi connectivity index (χ4v) is 3.94. The van der Waals surface area contributed by atoms with Crippen LogP contribution in [0.25, 0.3) is 0 Å². The van der Waals surface area contributed by atoms with Crippen molar-refractivity contribution >= 4 is 29.9 Å². The Balaban J connectivity index is 0.00000243. The van der Waals surface area contributed by atoms with E-state index in [2.05, 4.69) is 29.2 Å². The van der Waals surface area contributed by atoms with Gasteiger partial charge in [0.25, 0.3) is 0 Å². The van der Waals surface area contributed by atoms with Crippen molar-refractivity contribution in [2.45, 2.75) is 45.6 Å². The molecule has 1 N–H and O–H groups in total. The van der Waals surface area contributed by atoms with E-state index in [1.807, 2.05) is 24.1 Å². The number of aryl methyl sites for hydroxylation is 1. The Morgan fingerprint density at radius 1 is 1.38 bits per heavy atom. The Morgan fingerprint density at radius 2 is 2.19 bits per heavy atom. The Bertz CT molecular complexity index is 576. The van der Waals surface area contributed by atoms with Gasteiger partial charge in [0.15, 0.2) is 5.96 Å². The molecular formula is C19H34IN5O. The van der Waals surface area contributed by atoms with Gasteiger partial charge in [-0.3, -0.25) is 9.67 Å². The fourth-order valence-electron chi connectivity index (χ4n) is 3.94. The summed E-state index contributed by atoms with van der Waals surface area (Å²) in [5.74, 6) is 2.57. The van der Waals surface area contributed by atoms with E-state index in [0.29, 0.717) is 0 Å². The van der Waals surface area contributed by atoms with Gasteiger partial charge >= 0.3 is 0 Å². The molecule has 1 saturated carbocycles. The molecule has 2 fully saturated rings. The van der Waals surface area contributed by atoms with Gasteiger partial charge in [0.1, 0.15) is 6.10 Å². The quantitative estimate of drug-likeness (QED) is 0.413. The number of rotatable bonds is 4. The Labute approximate surface area is 174 Å². The van der Waals surface area contributed by atoms with Gasteiger partial charge in [-0.05, 0) is 25.2 Å². The summed E-state index contributed by atoms with van der Waals surface area (Å²) in [5, 5.41) is 7.76. The summed E-state index contributed by atoms with van der Waals surface area (Å²) in [6.45, 7) is 8.81. The molecule has 2 heterocycles. The maximum absolute atomic E-state index is 5.97. The highest BCUT2D eigenvalue weighted by Gasteiger charge is 2.26. The van der Waals surface area contributed by atoms with Crippen LogP contribution in [-0.4, -0.2) is 53.4 Å². The molecule has 3 rings (SSSR count). The van der Waals surface area contributed by atoms with Crippen LogP contribution < -0.4 is 5.32 Å². The van der Waals surface area contributed by atoms with E-state index < -0.39 is 0 Å². The summed E-state index contributed by atoms with van der Waals surface area (Å²) < 4.78 is 7.80. The molecule has 0 radical (unpaired) electrons. The number of aliphatic imine (C=N–C) groups is 1. The van der Waals surface area contributed by atoms with Crippen molar-refractivity contribution in [3.05, 3.63) is 18.0 Å². The van der Waals surface area contributed by atoms with Gasteiger partial charge in [0, 0.05) is 38.4 Å². The Hall–Kier alpha value is -0.830. The van der Waals surface area contributed by atoms with Crippen LogP contribution >= 0.6 is 24.0 Å². The average molecular weight is 475 g/mol. The minimum absolute atomic E-state index is 0. The average Bonchev–Trinajstić information content (AvgIpc) is 3.06. The van der Waals surface area contributed by atoms with E-state index >= 15 is 0 Å². The lowest BCUT2D eigenvalue weighted by Gasteiger charge is -2.35. The first-order valence-corrected chi connectivity index (χ1v) is 9.80. The Morgan fingerprint density at radius 3 is 2.88 bits per heavy atom. The van der Waals surface area contributed by atoms with E-state index in [9.17, 15) is 0 Å². The molecule has 0 bridgehead atoms. The van der Waals surface area contributed by atoms with Crippen molar-refractivity contribution in [3.63, 3.8) is 0 Å². The highest BCUT2D eigenvalue weighted by molar-refractivity contribution is 14.0. The third-order valence-electron chi connectivity index (χ3n) is 5.56. The number of ether oxygens (including phenoxy) is 1. The lowest BCUT2D eigenvalue weighted by molar-refractivity contribution is -0.00808. The molecule has 0 amide bonds. The van der Waals surface area contributed by atoms with Crippen LogP contribution in [0.1, 0.15) is 51.2 Å². The molecule has 3 unspecified atom stereocenters. The van der Waals surface area contributed by atoms with Crippen LogP contribution in [0.3, 0.4) is 0 Å². The van der Waals surface area contributed by atoms with Gasteiger partial charge < -0.3 is 15.0 Å². The zero-order valence-electron chi connectivity index (χ0n) is 16.4. The topological polar surface area (TPSA) is 54.7 Å². The first kappa shape index (κ1) is 21.5. The molecule has 0 aromatic carbocycles. The van der Waals surface area contributed by atoms with E-state index in [1.165, 1.54) is 25.7 Å². The number of hydrogen-bond acceptors (Lipinski definition) is 3. The minimum Gasteiger partial charge on any atom is -0.370 e. The summed E-state index contributed by atoms with van der Waals surface area (Å²) in [7, 11) is 1.95. The third kappa shape index (κ3) is 5.58. The van der Waals surface area contributed by atoms with Gasteiger partial charge in [-0.25, -0.2) is 0 Å². The summed E-state index contributed by atoms with van der Waals surface area (Å²) in [5.41, 5.74) is 1.14. The normalized spacial score (nSPS) is 27.1. The number of morpholine rings is 1. The molecule has 1 saturated heterocycles. The third-order valence-corrected chi connectivity index (χ3v) is 5.56. The van der Waals surface area contributed by atoms with Crippen LogP contribution in [0, 0.1) is 11.8 Å². The van der Waals surface area contributed by atoms with Crippen molar-refractivity contribution in [2.24, 2.45) is 23.9 Å². The van der Waals surface area contributed by atoms with Gasteiger partial charge in [-0.15, -0.1) is 24.0 Å². The Kier molecular flexibility index (Phi) is 8.66. The smallest absolute Gasteiger partial charge is 0.194 e. The van der Waals surface area contributed by atoms with Crippen molar-refractivity contribution in [3.8, 4) is 0 Å². The second-order valence-electron chi connectivity index (χ2n) is 7.47. The van der Waals surface area contributed by atoms with Gasteiger partial charge in [0.2, 0.25) is 0 Å². The van der Waals surface area contributed by atoms with Crippen molar-refractivity contribution < 1.29 is 4.74 Å². The van der Waals surface area contributed by atoms with Gasteiger partial charge in [-0.2, -0.15) is 5.10 Å². The van der Waals surface area contributed by atoms with Gasteiger partial charge in [0.05, 0.1) is 19.3 Å². The molecule has 1 aliphatic carbocycles. The molecule has 3 atom stereocenters. The first-order valence-electron chi connectivity index (χ1n) is 9.80. The molecule has 26 heavy (non-hydrogen) atoms. The second-order valence-corrected chi connectivity index (χ2v) is 7.47. The van der Waals surface area contributed by atoms with E-state index in [1.54, 1.807) is 0 Å². The number of hydrogen-bond donors (Lipinski definition) is 1.